The molecule has 2 unspecified atom stereocenters. The van der Waals surface area contributed by atoms with Crippen LogP contribution in [0.3, 0.4) is 0 Å². The first-order valence-electron chi connectivity index (χ1n) is 4.18. The highest BCUT2D eigenvalue weighted by molar-refractivity contribution is 5.20. The number of alkyl halides is 1. The third-order valence-corrected chi connectivity index (χ3v) is 1.75. The molecule has 1 rings (SSSR count). The maximum Gasteiger partial charge on any atom is 0.198 e. The maximum absolute atomic E-state index is 12.6. The van der Waals surface area contributed by atoms with Crippen LogP contribution in [-0.4, -0.2) is 6.36 Å². The van der Waals surface area contributed by atoms with Crippen molar-refractivity contribution in [3.05, 3.63) is 35.9 Å². The first kappa shape index (κ1) is 10.2. The lowest BCUT2D eigenvalue weighted by Crippen LogP contribution is -2.38. The topological polar surface area (TPSA) is 35.2 Å². The Morgan fingerprint density at radius 3 is 2.38 bits per heavy atom. The van der Waals surface area contributed by atoms with Crippen molar-refractivity contribution in [2.75, 3.05) is 0 Å². The van der Waals surface area contributed by atoms with Gasteiger partial charge in [0.2, 0.25) is 0 Å². The number of hydrogen-bond acceptors (Lipinski definition) is 2. The van der Waals surface area contributed by atoms with Crippen molar-refractivity contribution in [2.24, 2.45) is 5.73 Å². The Labute approximate surface area is 77.5 Å². The van der Waals surface area contributed by atoms with Crippen molar-refractivity contribution >= 4 is 0 Å². The van der Waals surface area contributed by atoms with Crippen LogP contribution in [0.2, 0.25) is 0 Å². The summed E-state index contributed by atoms with van der Waals surface area (Å²) in [6, 6.07) is 9.17. The van der Waals surface area contributed by atoms with Crippen LogP contribution in [0.1, 0.15) is 19.4 Å². The first-order chi connectivity index (χ1) is 6.02. The molecule has 1 aromatic rings. The van der Waals surface area contributed by atoms with E-state index in [0.717, 1.165) is 5.56 Å². The largest absolute Gasteiger partial charge is 0.323 e. The monoisotopic (exact) mass is 183 g/mol. The molecule has 3 heteroatoms. The van der Waals surface area contributed by atoms with E-state index in [1.807, 2.05) is 30.3 Å². The van der Waals surface area contributed by atoms with Crippen LogP contribution in [0.4, 0.5) is 4.39 Å². The van der Waals surface area contributed by atoms with Crippen molar-refractivity contribution in [2.45, 2.75) is 25.9 Å². The number of benzene rings is 1. The van der Waals surface area contributed by atoms with Crippen LogP contribution in [0, 0.1) is 0 Å². The maximum atomic E-state index is 12.6. The van der Waals surface area contributed by atoms with E-state index >= 15 is 0 Å². The van der Waals surface area contributed by atoms with E-state index in [0.29, 0.717) is 0 Å². The molecule has 0 aliphatic carbocycles. The van der Waals surface area contributed by atoms with Gasteiger partial charge in [0.15, 0.2) is 6.36 Å². The van der Waals surface area contributed by atoms with E-state index in [1.54, 1.807) is 6.92 Å². The number of halogens is 1. The Kier molecular flexibility index (Phi) is 3.01. The van der Waals surface area contributed by atoms with Crippen LogP contribution in [0.15, 0.2) is 30.3 Å². The third-order valence-electron chi connectivity index (χ3n) is 1.75. The van der Waals surface area contributed by atoms with Gasteiger partial charge in [0.1, 0.15) is 5.72 Å². The Morgan fingerprint density at radius 1 is 1.38 bits per heavy atom. The zero-order chi connectivity index (χ0) is 9.90. The summed E-state index contributed by atoms with van der Waals surface area (Å²) in [5.41, 5.74) is 5.48. The quantitative estimate of drug-likeness (QED) is 0.729. The highest BCUT2D eigenvalue weighted by atomic mass is 19.1. The van der Waals surface area contributed by atoms with Gasteiger partial charge >= 0.3 is 0 Å². The van der Waals surface area contributed by atoms with Gasteiger partial charge in [-0.2, -0.15) is 0 Å². The zero-order valence-corrected chi connectivity index (χ0v) is 7.83. The summed E-state index contributed by atoms with van der Waals surface area (Å²) < 4.78 is 17.5. The van der Waals surface area contributed by atoms with Crippen LogP contribution < -0.4 is 5.73 Å². The molecule has 0 heterocycles. The van der Waals surface area contributed by atoms with E-state index in [9.17, 15) is 4.39 Å². The molecule has 0 fully saturated rings. The molecule has 0 aromatic heterocycles. The Bertz CT molecular complexity index is 259. The van der Waals surface area contributed by atoms with Gasteiger partial charge in [0, 0.05) is 0 Å². The SMILES string of the molecule is CC(F)OC(C)(N)c1ccccc1. The predicted octanol–water partition coefficient (Wildman–Crippen LogP) is 2.15. The average molecular weight is 183 g/mol. The molecule has 1 aromatic carbocycles. The Hall–Kier alpha value is -0.930. The second-order valence-electron chi connectivity index (χ2n) is 3.13. The molecule has 0 bridgehead atoms. The molecule has 0 aliphatic heterocycles. The van der Waals surface area contributed by atoms with Crippen LogP contribution >= 0.6 is 0 Å². The molecule has 0 aliphatic rings. The minimum absolute atomic E-state index is 0.763. The molecule has 13 heavy (non-hydrogen) atoms. The molecule has 2 N–H and O–H groups in total. The fraction of sp³-hybridized carbons (Fsp3) is 0.400. The molecular formula is C10H14FNO. The first-order valence-corrected chi connectivity index (χ1v) is 4.18. The standard InChI is InChI=1S/C10H14FNO/c1-8(11)13-10(2,12)9-6-4-3-5-7-9/h3-8H,12H2,1-2H3. The second-order valence-corrected chi connectivity index (χ2v) is 3.13. The van der Waals surface area contributed by atoms with Crippen molar-refractivity contribution in [3.63, 3.8) is 0 Å². The molecule has 2 nitrogen and oxygen atoms in total. The summed E-state index contributed by atoms with van der Waals surface area (Å²) in [5.74, 6) is 0. The lowest BCUT2D eigenvalue weighted by Gasteiger charge is -2.26. The van der Waals surface area contributed by atoms with Gasteiger partial charge < -0.3 is 4.74 Å². The highest BCUT2D eigenvalue weighted by Crippen LogP contribution is 2.20. The summed E-state index contributed by atoms with van der Waals surface area (Å²) in [6.07, 6.45) is -1.37. The number of rotatable bonds is 3. The van der Waals surface area contributed by atoms with E-state index in [4.69, 9.17) is 10.5 Å². The second kappa shape index (κ2) is 3.85. The summed E-state index contributed by atoms with van der Waals surface area (Å²) in [4.78, 5) is 0. The van der Waals surface area contributed by atoms with Crippen molar-refractivity contribution in [1.29, 1.82) is 0 Å². The fourth-order valence-electron chi connectivity index (χ4n) is 1.17. The van der Waals surface area contributed by atoms with Crippen molar-refractivity contribution < 1.29 is 9.13 Å². The normalized spacial score (nSPS) is 17.8. The minimum Gasteiger partial charge on any atom is -0.323 e. The van der Waals surface area contributed by atoms with Gasteiger partial charge in [-0.05, 0) is 19.4 Å². The Balaban J connectivity index is 2.81. The van der Waals surface area contributed by atoms with Gasteiger partial charge in [-0.25, -0.2) is 4.39 Å². The average Bonchev–Trinajstić information content (AvgIpc) is 2.04. The number of ether oxygens (including phenoxy) is 1. The molecule has 0 saturated heterocycles. The molecule has 2 atom stereocenters. The zero-order valence-electron chi connectivity index (χ0n) is 7.83. The molecule has 0 amide bonds. The van der Waals surface area contributed by atoms with Crippen LogP contribution in [0.5, 0.6) is 0 Å². The van der Waals surface area contributed by atoms with Crippen molar-refractivity contribution in [1.82, 2.24) is 0 Å². The number of nitrogens with two attached hydrogens (primary N) is 1. The minimum atomic E-state index is -1.37. The van der Waals surface area contributed by atoms with Gasteiger partial charge in [-0.15, -0.1) is 0 Å². The van der Waals surface area contributed by atoms with Crippen molar-refractivity contribution in [3.8, 4) is 0 Å². The van der Waals surface area contributed by atoms with Crippen LogP contribution in [0.25, 0.3) is 0 Å². The smallest absolute Gasteiger partial charge is 0.198 e. The summed E-state index contributed by atoms with van der Waals surface area (Å²) >= 11 is 0. The molecule has 72 valence electrons. The predicted molar refractivity (Wildman–Crippen MR) is 49.6 cm³/mol. The van der Waals surface area contributed by atoms with Gasteiger partial charge in [0.25, 0.3) is 0 Å². The molecule has 0 radical (unpaired) electrons. The molecule has 0 saturated carbocycles. The lowest BCUT2D eigenvalue weighted by atomic mass is 10.1. The summed E-state index contributed by atoms with van der Waals surface area (Å²) in [7, 11) is 0. The van der Waals surface area contributed by atoms with E-state index in [2.05, 4.69) is 0 Å². The third kappa shape index (κ3) is 2.79. The van der Waals surface area contributed by atoms with E-state index in [-0.39, 0.29) is 0 Å². The number of hydrogen-bond donors (Lipinski definition) is 1. The van der Waals surface area contributed by atoms with Gasteiger partial charge in [-0.3, -0.25) is 5.73 Å². The van der Waals surface area contributed by atoms with E-state index in [1.165, 1.54) is 6.92 Å². The summed E-state index contributed by atoms with van der Waals surface area (Å²) in [5, 5.41) is 0. The van der Waals surface area contributed by atoms with Gasteiger partial charge in [-0.1, -0.05) is 30.3 Å². The molecule has 0 spiro atoms. The highest BCUT2D eigenvalue weighted by Gasteiger charge is 2.23. The van der Waals surface area contributed by atoms with Crippen LogP contribution in [-0.2, 0) is 10.5 Å². The Morgan fingerprint density at radius 2 is 1.92 bits per heavy atom. The molecular weight excluding hydrogens is 169 g/mol. The fourth-order valence-corrected chi connectivity index (χ4v) is 1.17. The van der Waals surface area contributed by atoms with E-state index < -0.39 is 12.1 Å². The summed E-state index contributed by atoms with van der Waals surface area (Å²) in [6.45, 7) is 2.95. The lowest BCUT2D eigenvalue weighted by molar-refractivity contribution is -0.132. The van der Waals surface area contributed by atoms with Gasteiger partial charge in [0.05, 0.1) is 0 Å².